The summed E-state index contributed by atoms with van der Waals surface area (Å²) in [7, 11) is 1.57. The Balaban J connectivity index is 2.79. The van der Waals surface area contributed by atoms with Crippen LogP contribution in [-0.4, -0.2) is 22.5 Å². The normalized spacial score (nSPS) is 11.0. The number of hydroxylamine groups is 2. The van der Waals surface area contributed by atoms with E-state index in [2.05, 4.69) is 5.16 Å². The van der Waals surface area contributed by atoms with Crippen LogP contribution in [0.5, 0.6) is 0 Å². The molecule has 62 valence electrons. The van der Waals surface area contributed by atoms with Gasteiger partial charge < -0.3 is 9.73 Å². The highest BCUT2D eigenvalue weighted by atomic mass is 16.5. The predicted octanol–water partition coefficient (Wildman–Crippen LogP) is 1.11. The summed E-state index contributed by atoms with van der Waals surface area (Å²) >= 11 is 0. The Morgan fingerprint density at radius 1 is 1.55 bits per heavy atom. The van der Waals surface area contributed by atoms with Crippen molar-refractivity contribution in [3.8, 4) is 0 Å². The summed E-state index contributed by atoms with van der Waals surface area (Å²) in [4.78, 5) is 0. The molecule has 0 unspecified atom stereocenters. The Morgan fingerprint density at radius 2 is 2.18 bits per heavy atom. The van der Waals surface area contributed by atoms with E-state index in [0.29, 0.717) is 12.3 Å². The molecule has 0 amide bonds. The number of aromatic nitrogens is 1. The molecule has 1 rings (SSSR count). The third-order valence-corrected chi connectivity index (χ3v) is 1.63. The molecule has 0 fully saturated rings. The molecule has 1 aromatic rings. The maximum Gasteiger partial charge on any atom is 0.156 e. The fourth-order valence-corrected chi connectivity index (χ4v) is 0.818. The molecule has 4 heteroatoms. The summed E-state index contributed by atoms with van der Waals surface area (Å²) in [6.45, 7) is 4.18. The number of hydrogen-bond acceptors (Lipinski definition) is 4. The molecule has 1 heterocycles. The zero-order chi connectivity index (χ0) is 8.43. The molecular formula is C7H12N2O2. The van der Waals surface area contributed by atoms with E-state index in [0.717, 1.165) is 16.3 Å². The average molecular weight is 156 g/mol. The van der Waals surface area contributed by atoms with E-state index in [4.69, 9.17) is 9.73 Å². The topological polar surface area (TPSA) is 49.5 Å². The van der Waals surface area contributed by atoms with Crippen molar-refractivity contribution in [2.75, 3.05) is 7.05 Å². The molecule has 0 saturated carbocycles. The van der Waals surface area contributed by atoms with E-state index in [1.165, 1.54) is 0 Å². The number of rotatable bonds is 2. The van der Waals surface area contributed by atoms with Gasteiger partial charge in [-0.2, -0.15) is 5.06 Å². The molecule has 0 spiro atoms. The Labute approximate surface area is 65.4 Å². The highest BCUT2D eigenvalue weighted by Crippen LogP contribution is 2.12. The van der Waals surface area contributed by atoms with Crippen molar-refractivity contribution in [1.29, 1.82) is 0 Å². The Hall–Kier alpha value is -0.870. The van der Waals surface area contributed by atoms with Gasteiger partial charge in [0.05, 0.1) is 12.2 Å². The lowest BCUT2D eigenvalue weighted by molar-refractivity contribution is -0.0784. The first-order chi connectivity index (χ1) is 5.11. The number of hydrogen-bond donors (Lipinski definition) is 1. The summed E-state index contributed by atoms with van der Waals surface area (Å²) < 4.78 is 4.95. The third kappa shape index (κ3) is 1.78. The molecule has 0 aromatic carbocycles. The summed E-state index contributed by atoms with van der Waals surface area (Å²) in [5.41, 5.74) is 1.88. The minimum Gasteiger partial charge on any atom is -0.359 e. The van der Waals surface area contributed by atoms with Crippen molar-refractivity contribution in [2.45, 2.75) is 20.4 Å². The second kappa shape index (κ2) is 3.02. The minimum absolute atomic E-state index is 0.382. The van der Waals surface area contributed by atoms with Gasteiger partial charge in [-0.25, -0.2) is 0 Å². The fraction of sp³-hybridized carbons (Fsp3) is 0.571. The predicted molar refractivity (Wildman–Crippen MR) is 39.2 cm³/mol. The van der Waals surface area contributed by atoms with Gasteiger partial charge in [-0.3, -0.25) is 0 Å². The van der Waals surface area contributed by atoms with E-state index in [1.54, 1.807) is 7.05 Å². The van der Waals surface area contributed by atoms with Gasteiger partial charge in [-0.15, -0.1) is 0 Å². The second-order valence-corrected chi connectivity index (χ2v) is 2.63. The van der Waals surface area contributed by atoms with E-state index >= 15 is 0 Å². The SMILES string of the molecule is Cc1noc(CN(C)O)c1C. The van der Waals surface area contributed by atoms with Crippen LogP contribution in [0.1, 0.15) is 17.0 Å². The van der Waals surface area contributed by atoms with Crippen molar-refractivity contribution in [3.63, 3.8) is 0 Å². The molecular weight excluding hydrogens is 144 g/mol. The van der Waals surface area contributed by atoms with Crippen LogP contribution in [0.15, 0.2) is 4.52 Å². The van der Waals surface area contributed by atoms with Gasteiger partial charge in [0.1, 0.15) is 0 Å². The van der Waals surface area contributed by atoms with Gasteiger partial charge in [0.15, 0.2) is 5.76 Å². The zero-order valence-corrected chi connectivity index (χ0v) is 6.96. The van der Waals surface area contributed by atoms with Crippen LogP contribution in [-0.2, 0) is 6.54 Å². The van der Waals surface area contributed by atoms with Gasteiger partial charge in [0.2, 0.25) is 0 Å². The van der Waals surface area contributed by atoms with Crippen molar-refractivity contribution in [1.82, 2.24) is 10.2 Å². The van der Waals surface area contributed by atoms with Gasteiger partial charge in [0.25, 0.3) is 0 Å². The molecule has 0 aliphatic carbocycles. The Morgan fingerprint density at radius 3 is 2.55 bits per heavy atom. The molecule has 1 N–H and O–H groups in total. The van der Waals surface area contributed by atoms with Crippen LogP contribution < -0.4 is 0 Å². The van der Waals surface area contributed by atoms with E-state index in [9.17, 15) is 0 Å². The molecule has 0 atom stereocenters. The first-order valence-electron chi connectivity index (χ1n) is 3.43. The molecule has 4 nitrogen and oxygen atoms in total. The average Bonchev–Trinajstić information content (AvgIpc) is 2.18. The van der Waals surface area contributed by atoms with Crippen LogP contribution in [0.2, 0.25) is 0 Å². The van der Waals surface area contributed by atoms with Crippen LogP contribution in [0, 0.1) is 13.8 Å². The van der Waals surface area contributed by atoms with Crippen LogP contribution >= 0.6 is 0 Å². The van der Waals surface area contributed by atoms with E-state index < -0.39 is 0 Å². The molecule has 0 aliphatic rings. The molecule has 0 bridgehead atoms. The lowest BCUT2D eigenvalue weighted by atomic mass is 10.2. The summed E-state index contributed by atoms with van der Waals surface area (Å²) in [5, 5.41) is 13.7. The van der Waals surface area contributed by atoms with Crippen LogP contribution in [0.25, 0.3) is 0 Å². The van der Waals surface area contributed by atoms with Gasteiger partial charge in [0, 0.05) is 12.6 Å². The van der Waals surface area contributed by atoms with Crippen LogP contribution in [0.4, 0.5) is 0 Å². The van der Waals surface area contributed by atoms with Crippen LogP contribution in [0.3, 0.4) is 0 Å². The standard InChI is InChI=1S/C7H12N2O2/c1-5-6(2)8-11-7(5)4-9(3)10/h10H,4H2,1-3H3. The van der Waals surface area contributed by atoms with Gasteiger partial charge in [-0.1, -0.05) is 5.16 Å². The maximum absolute atomic E-state index is 8.89. The lowest BCUT2D eigenvalue weighted by Crippen LogP contribution is -2.11. The first kappa shape index (κ1) is 8.23. The van der Waals surface area contributed by atoms with Crippen molar-refractivity contribution in [3.05, 3.63) is 17.0 Å². The Bertz CT molecular complexity index is 243. The summed E-state index contributed by atoms with van der Waals surface area (Å²) in [6, 6.07) is 0. The van der Waals surface area contributed by atoms with Crippen molar-refractivity contribution in [2.24, 2.45) is 0 Å². The maximum atomic E-state index is 8.89. The van der Waals surface area contributed by atoms with Gasteiger partial charge >= 0.3 is 0 Å². The zero-order valence-electron chi connectivity index (χ0n) is 6.96. The molecule has 0 saturated heterocycles. The fourth-order valence-electron chi connectivity index (χ4n) is 0.818. The number of nitrogens with zero attached hydrogens (tertiary/aromatic N) is 2. The van der Waals surface area contributed by atoms with E-state index in [-0.39, 0.29) is 0 Å². The molecule has 0 radical (unpaired) electrons. The second-order valence-electron chi connectivity index (χ2n) is 2.63. The molecule has 0 aliphatic heterocycles. The first-order valence-corrected chi connectivity index (χ1v) is 3.43. The largest absolute Gasteiger partial charge is 0.359 e. The monoisotopic (exact) mass is 156 g/mol. The highest BCUT2D eigenvalue weighted by molar-refractivity contribution is 5.19. The number of aryl methyl sites for hydroxylation is 1. The lowest BCUT2D eigenvalue weighted by Gasteiger charge is -2.03. The van der Waals surface area contributed by atoms with Gasteiger partial charge in [-0.05, 0) is 13.8 Å². The molecule has 1 aromatic heterocycles. The Kier molecular flexibility index (Phi) is 2.26. The smallest absolute Gasteiger partial charge is 0.156 e. The highest BCUT2D eigenvalue weighted by Gasteiger charge is 2.08. The van der Waals surface area contributed by atoms with E-state index in [1.807, 2.05) is 13.8 Å². The summed E-state index contributed by atoms with van der Waals surface area (Å²) in [5.74, 6) is 0.715. The summed E-state index contributed by atoms with van der Waals surface area (Å²) in [6.07, 6.45) is 0. The molecule has 11 heavy (non-hydrogen) atoms. The quantitative estimate of drug-likeness (QED) is 0.652. The van der Waals surface area contributed by atoms with Crippen molar-refractivity contribution >= 4 is 0 Å². The van der Waals surface area contributed by atoms with Crippen molar-refractivity contribution < 1.29 is 9.73 Å². The third-order valence-electron chi connectivity index (χ3n) is 1.63. The minimum atomic E-state index is 0.382.